The Morgan fingerprint density at radius 1 is 0.735 bits per heavy atom. The summed E-state index contributed by atoms with van der Waals surface area (Å²) in [7, 11) is 0. The Labute approximate surface area is 287 Å². The van der Waals surface area contributed by atoms with Crippen molar-refractivity contribution in [2.45, 2.75) is 59.7 Å². The van der Waals surface area contributed by atoms with Crippen LogP contribution < -0.4 is 15.9 Å². The molecule has 4 rings (SSSR count). The van der Waals surface area contributed by atoms with E-state index in [1.54, 1.807) is 48.5 Å². The lowest BCUT2D eigenvalue weighted by molar-refractivity contribution is -0.161. The maximum Gasteiger partial charge on any atom is 0.336 e. The number of benzene rings is 3. The van der Waals surface area contributed by atoms with Crippen molar-refractivity contribution in [3.8, 4) is 0 Å². The van der Waals surface area contributed by atoms with Gasteiger partial charge in [0.05, 0.1) is 23.4 Å². The summed E-state index contributed by atoms with van der Waals surface area (Å²) >= 11 is 0. The van der Waals surface area contributed by atoms with Gasteiger partial charge in [-0.3, -0.25) is 9.59 Å². The van der Waals surface area contributed by atoms with E-state index < -0.39 is 70.7 Å². The first kappa shape index (κ1) is 36.9. The molecule has 1 aliphatic rings. The Balaban J connectivity index is 2.38. The van der Waals surface area contributed by atoms with E-state index in [0.29, 0.717) is 15.9 Å². The molecule has 0 saturated carbocycles. The predicted octanol–water partition coefficient (Wildman–Crippen LogP) is 5.47. The zero-order valence-electron chi connectivity index (χ0n) is 28.8. The van der Waals surface area contributed by atoms with E-state index in [4.69, 9.17) is 14.2 Å². The number of carbonyl (C=O) groups is 4. The molecule has 10 heteroatoms. The van der Waals surface area contributed by atoms with Gasteiger partial charge in [-0.05, 0) is 77.3 Å². The average molecular weight is 687 g/mol. The fraction of sp³-hybridized carbons (Fsp3) is 0.308. The van der Waals surface area contributed by atoms with E-state index in [2.05, 4.69) is 0 Å². The fourth-order valence-electron chi connectivity index (χ4n) is 5.84. The average Bonchev–Trinajstić information content (AvgIpc) is 3.04. The Kier molecular flexibility index (Phi) is 11.1. The lowest BCUT2D eigenvalue weighted by Crippen LogP contribution is -2.50. The number of carbonyl (C=O) groups excluding carboxylic acids is 4. The number of aliphatic hydroxyl groups is 2. The molecule has 49 heavy (non-hydrogen) atoms. The topological polar surface area (TPSA) is 136 Å². The molecule has 0 aliphatic heterocycles. The van der Waals surface area contributed by atoms with Gasteiger partial charge in [-0.2, -0.15) is 0 Å². The Bertz CT molecular complexity index is 1720. The van der Waals surface area contributed by atoms with Crippen LogP contribution in [0.1, 0.15) is 48.5 Å². The molecule has 0 saturated heterocycles. The van der Waals surface area contributed by atoms with E-state index >= 15 is 4.79 Å². The van der Waals surface area contributed by atoms with Gasteiger partial charge in [-0.15, -0.1) is 0 Å². The summed E-state index contributed by atoms with van der Waals surface area (Å²) in [6, 6.07) is 27.4. The van der Waals surface area contributed by atoms with Gasteiger partial charge in [-0.25, -0.2) is 9.59 Å². The number of ether oxygens (including phenoxy) is 3. The molecule has 1 aliphatic carbocycles. The van der Waals surface area contributed by atoms with Crippen LogP contribution in [0.5, 0.6) is 0 Å². The Morgan fingerprint density at radius 2 is 1.16 bits per heavy atom. The van der Waals surface area contributed by atoms with Crippen LogP contribution in [-0.2, 0) is 33.4 Å². The lowest BCUT2D eigenvalue weighted by Gasteiger charge is -2.38. The number of esters is 3. The van der Waals surface area contributed by atoms with E-state index in [1.165, 1.54) is 0 Å². The maximum absolute atomic E-state index is 15.1. The molecule has 3 aromatic rings. The third kappa shape index (κ3) is 7.89. The van der Waals surface area contributed by atoms with Crippen LogP contribution in [0, 0.1) is 11.8 Å². The van der Waals surface area contributed by atoms with E-state index in [1.807, 2.05) is 91.0 Å². The van der Waals surface area contributed by atoms with Gasteiger partial charge in [0.25, 0.3) is 0 Å². The van der Waals surface area contributed by atoms with Gasteiger partial charge in [-0.1, -0.05) is 91.0 Å². The summed E-state index contributed by atoms with van der Waals surface area (Å²) < 4.78 is 17.4. The summed E-state index contributed by atoms with van der Waals surface area (Å²) in [4.78, 5) is 57.8. The maximum atomic E-state index is 15.1. The first-order valence-corrected chi connectivity index (χ1v) is 17.8. The van der Waals surface area contributed by atoms with Crippen LogP contribution in [0.25, 0.3) is 0 Å². The highest BCUT2D eigenvalue weighted by molar-refractivity contribution is 7.96. The van der Waals surface area contributed by atoms with Gasteiger partial charge in [0.2, 0.25) is 11.5 Å². The zero-order valence-corrected chi connectivity index (χ0v) is 29.7. The summed E-state index contributed by atoms with van der Waals surface area (Å²) in [6.45, 7) is 7.89. The fourth-order valence-corrected chi connectivity index (χ4v) is 10.4. The minimum atomic E-state index is -3.53. The minimum Gasteiger partial charge on any atom is -0.504 e. The summed E-state index contributed by atoms with van der Waals surface area (Å²) in [5.74, 6) is -9.72. The van der Waals surface area contributed by atoms with Crippen LogP contribution in [0.2, 0.25) is 0 Å². The second-order valence-electron chi connectivity index (χ2n) is 13.5. The van der Waals surface area contributed by atoms with Crippen LogP contribution in [0.4, 0.5) is 0 Å². The highest BCUT2D eigenvalue weighted by Gasteiger charge is 2.52. The molecule has 2 N–H and O–H groups in total. The number of hydrogen-bond donors (Lipinski definition) is 2. The highest BCUT2D eigenvalue weighted by atomic mass is 31.2. The van der Waals surface area contributed by atoms with E-state index in [-0.39, 0.29) is 11.9 Å². The molecule has 0 heterocycles. The van der Waals surface area contributed by atoms with Crippen molar-refractivity contribution in [3.63, 3.8) is 0 Å². The normalized spacial score (nSPS) is 15.9. The highest BCUT2D eigenvalue weighted by Crippen LogP contribution is 2.50. The molecule has 0 bridgehead atoms. The van der Waals surface area contributed by atoms with Crippen molar-refractivity contribution < 1.29 is 43.6 Å². The Hall–Kier alpha value is -4.88. The first-order valence-electron chi connectivity index (χ1n) is 16.0. The number of Topliss-reactive ketones (excluding diaryl/α,β-unsaturated/α-hetero) is 1. The molecule has 0 aromatic heterocycles. The van der Waals surface area contributed by atoms with Gasteiger partial charge in [0, 0.05) is 0 Å². The zero-order chi connectivity index (χ0) is 36.1. The van der Waals surface area contributed by atoms with Crippen molar-refractivity contribution in [3.05, 3.63) is 114 Å². The first-order chi connectivity index (χ1) is 23.0. The smallest absolute Gasteiger partial charge is 0.336 e. The van der Waals surface area contributed by atoms with Crippen molar-refractivity contribution in [1.82, 2.24) is 0 Å². The monoisotopic (exact) mass is 686 g/mol. The third-order valence-electron chi connectivity index (χ3n) is 7.59. The van der Waals surface area contributed by atoms with Crippen molar-refractivity contribution in [2.24, 2.45) is 11.8 Å². The summed E-state index contributed by atoms with van der Waals surface area (Å²) in [6.07, 6.45) is 0.900. The summed E-state index contributed by atoms with van der Waals surface area (Å²) in [5, 5.41) is 23.3. The second kappa shape index (κ2) is 14.7. The van der Waals surface area contributed by atoms with Crippen molar-refractivity contribution in [1.29, 1.82) is 0 Å². The largest absolute Gasteiger partial charge is 0.504 e. The SMILES string of the molecule is CCOC(=O)C1=CC(O)=C(O)C(=O)C1C(C(=O)OC(C)(C)C)C(C(=O)OC(C)(C)C)=P(c1ccccc1)(c1ccccc1)c1ccccc1. The van der Waals surface area contributed by atoms with Crippen molar-refractivity contribution in [2.75, 3.05) is 6.61 Å². The van der Waals surface area contributed by atoms with E-state index in [0.717, 1.165) is 6.08 Å². The third-order valence-corrected chi connectivity index (χ3v) is 12.0. The molecule has 9 nitrogen and oxygen atoms in total. The summed E-state index contributed by atoms with van der Waals surface area (Å²) in [5.41, 5.74) is -2.61. The number of rotatable bonds is 9. The lowest BCUT2D eigenvalue weighted by atomic mass is 9.77. The molecular weight excluding hydrogens is 643 g/mol. The molecule has 2 unspecified atom stereocenters. The van der Waals surface area contributed by atoms with Crippen LogP contribution >= 0.6 is 6.89 Å². The number of hydrogen-bond acceptors (Lipinski definition) is 9. The Morgan fingerprint density at radius 3 is 1.55 bits per heavy atom. The van der Waals surface area contributed by atoms with Gasteiger partial charge < -0.3 is 24.4 Å². The molecular formula is C39H43O9P. The molecule has 0 radical (unpaired) electrons. The van der Waals surface area contributed by atoms with Gasteiger partial charge >= 0.3 is 17.9 Å². The molecule has 0 spiro atoms. The minimum absolute atomic E-state index is 0.0950. The number of aliphatic hydroxyl groups excluding tert-OH is 2. The molecule has 0 amide bonds. The second-order valence-corrected chi connectivity index (χ2v) is 16.8. The van der Waals surface area contributed by atoms with Crippen molar-refractivity contribution >= 4 is 51.8 Å². The van der Waals surface area contributed by atoms with Crippen LogP contribution in [0.3, 0.4) is 0 Å². The molecule has 3 aromatic carbocycles. The van der Waals surface area contributed by atoms with Crippen LogP contribution in [-0.4, -0.2) is 57.0 Å². The van der Waals surface area contributed by atoms with Crippen LogP contribution in [0.15, 0.2) is 114 Å². The van der Waals surface area contributed by atoms with Gasteiger partial charge in [0.1, 0.15) is 17.1 Å². The van der Waals surface area contributed by atoms with E-state index in [9.17, 15) is 24.6 Å². The molecule has 0 fully saturated rings. The molecule has 258 valence electrons. The quantitative estimate of drug-likeness (QED) is 0.171. The number of ketones is 1. The standard InChI is InChI=1S/C39H43O9P/c1-8-46-35(43)28-24-29(40)32(41)33(42)30(28)31(36(44)47-38(2,3)4)34(37(45)48-39(5,6)7)49(25-18-12-9-13-19-25,26-20-14-10-15-21-26)27-22-16-11-17-23-27/h9-24,30-31,40-41H,8H2,1-7H3. The molecule has 2 atom stereocenters. The van der Waals surface area contributed by atoms with Gasteiger partial charge in [0.15, 0.2) is 5.76 Å². The predicted molar refractivity (Wildman–Crippen MR) is 191 cm³/mol. The number of allylic oxidation sites excluding steroid dienone is 2.